The number of nitrogen functional groups attached to an aromatic ring is 1. The van der Waals surface area contributed by atoms with Crippen LogP contribution in [0.1, 0.15) is 27.5 Å². The van der Waals surface area contributed by atoms with Gasteiger partial charge in [-0.2, -0.15) is 0 Å². The van der Waals surface area contributed by atoms with Crippen molar-refractivity contribution in [1.29, 1.82) is 0 Å². The molecule has 0 saturated carbocycles. The van der Waals surface area contributed by atoms with Crippen LogP contribution in [0.2, 0.25) is 0 Å². The van der Waals surface area contributed by atoms with E-state index >= 15 is 0 Å². The number of alkyl halides is 1. The smallest absolute Gasteiger partial charge is 0.319 e. The van der Waals surface area contributed by atoms with Crippen molar-refractivity contribution in [1.82, 2.24) is 4.98 Å². The molecule has 0 unspecified atom stereocenters. The number of fused-ring (bicyclic) bond motifs is 6. The number of nitrogens with zero attached hydrogens (tertiary/aromatic N) is 2. The van der Waals surface area contributed by atoms with Gasteiger partial charge in [-0.15, -0.1) is 11.6 Å². The molecule has 0 fully saturated rings. The predicted octanol–water partition coefficient (Wildman–Crippen LogP) is 4.33. The Kier molecular flexibility index (Phi) is 4.32. The van der Waals surface area contributed by atoms with Gasteiger partial charge < -0.3 is 21.4 Å². The highest BCUT2D eigenvalue weighted by Crippen LogP contribution is 2.45. The average molecular weight is 460 g/mol. The minimum Gasteiger partial charge on any atom is -0.398 e. The molecule has 6 rings (SSSR count). The molecule has 0 radical (unpaired) electrons. The number of benzene rings is 3. The second-order valence-corrected chi connectivity index (χ2v) is 8.97. The SMILES string of the molecule is NC(=O)N1CCc2c1ccc1[nH]c(C(=O)N3C[C@@H](CCl)c4c3cc(N)c3ccccc43)cc21. The lowest BCUT2D eigenvalue weighted by Crippen LogP contribution is -2.33. The summed E-state index contributed by atoms with van der Waals surface area (Å²) in [7, 11) is 0. The second-order valence-electron chi connectivity index (χ2n) is 8.66. The number of hydrogen-bond donors (Lipinski definition) is 3. The first-order chi connectivity index (χ1) is 16.0. The highest BCUT2D eigenvalue weighted by Gasteiger charge is 2.35. The Labute approximate surface area is 194 Å². The highest BCUT2D eigenvalue weighted by atomic mass is 35.5. The van der Waals surface area contributed by atoms with E-state index in [2.05, 4.69) is 4.98 Å². The summed E-state index contributed by atoms with van der Waals surface area (Å²) in [5.74, 6) is 0.301. The number of aromatic nitrogens is 1. The summed E-state index contributed by atoms with van der Waals surface area (Å²) in [6.07, 6.45) is 0.699. The molecule has 3 heterocycles. The molecule has 8 heteroatoms. The van der Waals surface area contributed by atoms with Crippen molar-refractivity contribution in [2.75, 3.05) is 34.5 Å². The van der Waals surface area contributed by atoms with Gasteiger partial charge in [0.15, 0.2) is 0 Å². The lowest BCUT2D eigenvalue weighted by Gasteiger charge is -2.18. The Morgan fingerprint density at radius 3 is 2.58 bits per heavy atom. The van der Waals surface area contributed by atoms with Crippen molar-refractivity contribution in [2.24, 2.45) is 5.73 Å². The van der Waals surface area contributed by atoms with E-state index in [0.29, 0.717) is 36.8 Å². The van der Waals surface area contributed by atoms with Crippen LogP contribution >= 0.6 is 11.6 Å². The van der Waals surface area contributed by atoms with Crippen molar-refractivity contribution in [3.05, 3.63) is 65.4 Å². The van der Waals surface area contributed by atoms with E-state index in [9.17, 15) is 9.59 Å². The number of aromatic amines is 1. The van der Waals surface area contributed by atoms with Crippen molar-refractivity contribution in [3.8, 4) is 0 Å². The molecular formula is C25H22ClN5O2. The molecule has 3 aromatic carbocycles. The van der Waals surface area contributed by atoms with Crippen LogP contribution in [0.3, 0.4) is 0 Å². The van der Waals surface area contributed by atoms with Crippen LogP contribution in [0.25, 0.3) is 21.7 Å². The molecule has 1 atom stereocenters. The molecule has 4 aromatic rings. The van der Waals surface area contributed by atoms with Crippen LogP contribution in [-0.2, 0) is 6.42 Å². The summed E-state index contributed by atoms with van der Waals surface area (Å²) in [5, 5.41) is 2.95. The van der Waals surface area contributed by atoms with E-state index in [4.69, 9.17) is 23.1 Å². The number of carbonyl (C=O) groups excluding carboxylic acids is 2. The maximum Gasteiger partial charge on any atom is 0.319 e. The molecular weight excluding hydrogens is 438 g/mol. The first kappa shape index (κ1) is 19.9. The Balaban J connectivity index is 1.45. The first-order valence-electron chi connectivity index (χ1n) is 10.9. The van der Waals surface area contributed by atoms with Crippen LogP contribution in [0.15, 0.2) is 48.5 Å². The van der Waals surface area contributed by atoms with E-state index in [1.807, 2.05) is 48.5 Å². The summed E-state index contributed by atoms with van der Waals surface area (Å²) < 4.78 is 0. The number of anilines is 3. The van der Waals surface area contributed by atoms with E-state index in [-0.39, 0.29) is 11.8 Å². The summed E-state index contributed by atoms with van der Waals surface area (Å²) in [6.45, 7) is 1.04. The molecule has 0 bridgehead atoms. The predicted molar refractivity (Wildman–Crippen MR) is 132 cm³/mol. The molecule has 0 saturated heterocycles. The van der Waals surface area contributed by atoms with Crippen molar-refractivity contribution in [2.45, 2.75) is 12.3 Å². The van der Waals surface area contributed by atoms with Gasteiger partial charge in [-0.1, -0.05) is 24.3 Å². The van der Waals surface area contributed by atoms with Crippen LogP contribution < -0.4 is 21.3 Å². The summed E-state index contributed by atoms with van der Waals surface area (Å²) >= 11 is 6.34. The number of urea groups is 1. The topological polar surface area (TPSA) is 108 Å². The Morgan fingerprint density at radius 2 is 1.82 bits per heavy atom. The zero-order chi connectivity index (χ0) is 22.9. The number of halogens is 1. The Morgan fingerprint density at radius 1 is 1.03 bits per heavy atom. The largest absolute Gasteiger partial charge is 0.398 e. The van der Waals surface area contributed by atoms with Crippen LogP contribution in [0.4, 0.5) is 21.9 Å². The third kappa shape index (κ3) is 2.82. The molecule has 7 nitrogen and oxygen atoms in total. The number of nitrogens with two attached hydrogens (primary N) is 2. The number of nitrogens with one attached hydrogen (secondary N) is 1. The van der Waals surface area contributed by atoms with Gasteiger partial charge in [0, 0.05) is 52.6 Å². The Bertz CT molecular complexity index is 1480. The fourth-order valence-electron chi connectivity index (χ4n) is 5.39. The molecule has 2 aliphatic heterocycles. The zero-order valence-electron chi connectivity index (χ0n) is 17.8. The van der Waals surface area contributed by atoms with Gasteiger partial charge in [0.2, 0.25) is 0 Å². The minimum absolute atomic E-state index is 0.0221. The summed E-state index contributed by atoms with van der Waals surface area (Å²) in [4.78, 5) is 32.0. The first-order valence-corrected chi connectivity index (χ1v) is 11.4. The third-order valence-corrected chi connectivity index (χ3v) is 7.27. The lowest BCUT2D eigenvalue weighted by molar-refractivity contribution is 0.0984. The highest BCUT2D eigenvalue weighted by molar-refractivity contribution is 6.19. The number of hydrogen-bond acceptors (Lipinski definition) is 3. The molecule has 3 amide bonds. The second kappa shape index (κ2) is 7.15. The fraction of sp³-hybridized carbons (Fsp3) is 0.200. The van der Waals surface area contributed by atoms with Gasteiger partial charge in [-0.3, -0.25) is 9.69 Å². The number of primary amides is 1. The van der Waals surface area contributed by atoms with Crippen molar-refractivity contribution < 1.29 is 9.59 Å². The normalized spacial score (nSPS) is 17.1. The van der Waals surface area contributed by atoms with E-state index in [1.165, 1.54) is 0 Å². The number of rotatable bonds is 2. The van der Waals surface area contributed by atoms with Crippen molar-refractivity contribution >= 4 is 62.3 Å². The number of H-pyrrole nitrogens is 1. The van der Waals surface area contributed by atoms with Crippen LogP contribution in [0, 0.1) is 0 Å². The van der Waals surface area contributed by atoms with Gasteiger partial charge >= 0.3 is 6.03 Å². The zero-order valence-corrected chi connectivity index (χ0v) is 18.5. The molecule has 1 aromatic heterocycles. The number of carbonyl (C=O) groups is 2. The van der Waals surface area contributed by atoms with E-state index in [0.717, 1.165) is 44.2 Å². The summed E-state index contributed by atoms with van der Waals surface area (Å²) in [6, 6.07) is 15.0. The molecule has 33 heavy (non-hydrogen) atoms. The third-order valence-electron chi connectivity index (χ3n) is 6.89. The maximum absolute atomic E-state index is 13.7. The molecule has 166 valence electrons. The van der Waals surface area contributed by atoms with Crippen molar-refractivity contribution in [3.63, 3.8) is 0 Å². The van der Waals surface area contributed by atoms with Gasteiger partial charge in [0.1, 0.15) is 5.69 Å². The minimum atomic E-state index is -0.467. The van der Waals surface area contributed by atoms with Gasteiger partial charge in [-0.25, -0.2) is 4.79 Å². The molecule has 0 aliphatic carbocycles. The van der Waals surface area contributed by atoms with Gasteiger partial charge in [0.25, 0.3) is 5.91 Å². The maximum atomic E-state index is 13.7. The average Bonchev–Trinajstić information content (AvgIpc) is 3.52. The van der Waals surface area contributed by atoms with Gasteiger partial charge in [0.05, 0.1) is 5.69 Å². The number of amides is 3. The standard InChI is InChI=1S/C25H22ClN5O2/c26-11-13-12-31(22-10-18(27)14-3-1-2-4-16(14)23(13)22)24(32)20-9-17-15-7-8-30(25(28)33)21(15)6-5-19(17)29-20/h1-6,9-10,13,29H,7-8,11-12,27H2,(H2,28,33)/t13-/m1/s1. The van der Waals surface area contributed by atoms with Crippen LogP contribution in [0.5, 0.6) is 0 Å². The van der Waals surface area contributed by atoms with Crippen LogP contribution in [-0.4, -0.2) is 35.9 Å². The Hall–Kier alpha value is -3.71. The van der Waals surface area contributed by atoms with E-state index in [1.54, 1.807) is 9.80 Å². The van der Waals surface area contributed by atoms with Gasteiger partial charge in [-0.05, 0) is 47.2 Å². The van der Waals surface area contributed by atoms with E-state index < -0.39 is 6.03 Å². The quantitative estimate of drug-likeness (QED) is 0.306. The fourth-order valence-corrected chi connectivity index (χ4v) is 5.64. The molecule has 5 N–H and O–H groups in total. The molecule has 0 spiro atoms. The molecule has 2 aliphatic rings. The lowest BCUT2D eigenvalue weighted by atomic mass is 9.95. The summed E-state index contributed by atoms with van der Waals surface area (Å²) in [5.41, 5.74) is 17.6. The monoisotopic (exact) mass is 459 g/mol.